The zero-order valence-electron chi connectivity index (χ0n) is 12.2. The molecule has 0 spiro atoms. The summed E-state index contributed by atoms with van der Waals surface area (Å²) >= 11 is 0. The number of carbonyl (C=O) groups is 1. The van der Waals surface area contributed by atoms with E-state index in [2.05, 4.69) is 12.2 Å². The number of piperidine rings is 1. The second-order valence-corrected chi connectivity index (χ2v) is 5.45. The van der Waals surface area contributed by atoms with Crippen molar-refractivity contribution in [2.45, 2.75) is 25.3 Å². The SMILES string of the molecule is CNC1(C)CCN(C(=O)c2ccc(OC)cc2F)CC1. The summed E-state index contributed by atoms with van der Waals surface area (Å²) in [6.45, 7) is 3.42. The van der Waals surface area contributed by atoms with Crippen molar-refractivity contribution in [2.75, 3.05) is 27.2 Å². The molecule has 1 N–H and O–H groups in total. The number of rotatable bonds is 3. The fourth-order valence-corrected chi connectivity index (χ4v) is 2.42. The van der Waals surface area contributed by atoms with Crippen molar-refractivity contribution >= 4 is 5.91 Å². The lowest BCUT2D eigenvalue weighted by Crippen LogP contribution is -2.51. The minimum absolute atomic E-state index is 0.0647. The van der Waals surface area contributed by atoms with Crippen molar-refractivity contribution in [1.82, 2.24) is 10.2 Å². The molecule has 20 heavy (non-hydrogen) atoms. The number of methoxy groups -OCH3 is 1. The Kier molecular flexibility index (Phi) is 4.28. The maximum absolute atomic E-state index is 13.9. The lowest BCUT2D eigenvalue weighted by Gasteiger charge is -2.39. The van der Waals surface area contributed by atoms with E-state index in [1.54, 1.807) is 11.0 Å². The van der Waals surface area contributed by atoms with Gasteiger partial charge in [-0.1, -0.05) is 0 Å². The average molecular weight is 280 g/mol. The van der Waals surface area contributed by atoms with E-state index < -0.39 is 5.82 Å². The van der Waals surface area contributed by atoms with E-state index in [1.165, 1.54) is 19.2 Å². The van der Waals surface area contributed by atoms with E-state index in [4.69, 9.17) is 4.74 Å². The molecule has 0 unspecified atom stereocenters. The number of ether oxygens (including phenoxy) is 1. The van der Waals surface area contributed by atoms with Crippen molar-refractivity contribution in [3.63, 3.8) is 0 Å². The van der Waals surface area contributed by atoms with Gasteiger partial charge < -0.3 is 15.0 Å². The molecule has 1 amide bonds. The molecule has 1 fully saturated rings. The van der Waals surface area contributed by atoms with Gasteiger partial charge >= 0.3 is 0 Å². The van der Waals surface area contributed by atoms with Crippen molar-refractivity contribution in [3.05, 3.63) is 29.6 Å². The number of nitrogens with one attached hydrogen (secondary N) is 1. The van der Waals surface area contributed by atoms with Crippen LogP contribution in [0.1, 0.15) is 30.1 Å². The van der Waals surface area contributed by atoms with Crippen LogP contribution >= 0.6 is 0 Å². The Hall–Kier alpha value is -1.62. The number of amides is 1. The minimum atomic E-state index is -0.531. The van der Waals surface area contributed by atoms with E-state index in [9.17, 15) is 9.18 Å². The van der Waals surface area contributed by atoms with E-state index in [1.807, 2.05) is 7.05 Å². The highest BCUT2D eigenvalue weighted by molar-refractivity contribution is 5.94. The Bertz CT molecular complexity index is 497. The smallest absolute Gasteiger partial charge is 0.256 e. The van der Waals surface area contributed by atoms with Crippen LogP contribution in [0.3, 0.4) is 0 Å². The summed E-state index contributed by atoms with van der Waals surface area (Å²) in [5, 5.41) is 3.28. The Morgan fingerprint density at radius 3 is 2.55 bits per heavy atom. The highest BCUT2D eigenvalue weighted by Gasteiger charge is 2.31. The van der Waals surface area contributed by atoms with Crippen LogP contribution in [0.2, 0.25) is 0 Å². The fraction of sp³-hybridized carbons (Fsp3) is 0.533. The zero-order valence-corrected chi connectivity index (χ0v) is 12.2. The largest absolute Gasteiger partial charge is 0.497 e. The van der Waals surface area contributed by atoms with Crippen molar-refractivity contribution in [3.8, 4) is 5.75 Å². The molecule has 0 aromatic heterocycles. The lowest BCUT2D eigenvalue weighted by molar-refractivity contribution is 0.0657. The third-order valence-corrected chi connectivity index (χ3v) is 4.16. The second-order valence-electron chi connectivity index (χ2n) is 5.45. The first-order valence-electron chi connectivity index (χ1n) is 6.81. The molecule has 2 rings (SSSR count). The van der Waals surface area contributed by atoms with Gasteiger partial charge in [0.2, 0.25) is 0 Å². The van der Waals surface area contributed by atoms with Gasteiger partial charge in [-0.3, -0.25) is 4.79 Å². The maximum atomic E-state index is 13.9. The minimum Gasteiger partial charge on any atom is -0.497 e. The molecule has 0 bridgehead atoms. The Morgan fingerprint density at radius 1 is 1.40 bits per heavy atom. The van der Waals surface area contributed by atoms with Crippen LogP contribution in [0.5, 0.6) is 5.75 Å². The summed E-state index contributed by atoms with van der Waals surface area (Å²) in [4.78, 5) is 14.1. The summed E-state index contributed by atoms with van der Waals surface area (Å²) in [6, 6.07) is 4.34. The van der Waals surface area contributed by atoms with Crippen molar-refractivity contribution in [1.29, 1.82) is 0 Å². The molecule has 0 atom stereocenters. The zero-order chi connectivity index (χ0) is 14.8. The number of benzene rings is 1. The molecule has 110 valence electrons. The topological polar surface area (TPSA) is 41.6 Å². The molecule has 0 aliphatic carbocycles. The van der Waals surface area contributed by atoms with Crippen LogP contribution in [0.25, 0.3) is 0 Å². The van der Waals surface area contributed by atoms with Crippen LogP contribution < -0.4 is 10.1 Å². The van der Waals surface area contributed by atoms with Gasteiger partial charge in [0, 0.05) is 24.7 Å². The summed E-state index contributed by atoms with van der Waals surface area (Å²) in [6.07, 6.45) is 1.74. The molecule has 1 aliphatic rings. The summed E-state index contributed by atoms with van der Waals surface area (Å²) in [5.41, 5.74) is 0.175. The standard InChI is InChI=1S/C15H21FN2O2/c1-15(17-2)6-8-18(9-7-15)14(19)12-5-4-11(20-3)10-13(12)16/h4-5,10,17H,6-9H2,1-3H3. The van der Waals surface area contributed by atoms with Crippen molar-refractivity contribution in [2.24, 2.45) is 0 Å². The van der Waals surface area contributed by atoms with E-state index >= 15 is 0 Å². The van der Waals surface area contributed by atoms with Crippen LogP contribution in [0.4, 0.5) is 4.39 Å². The number of hydrogen-bond acceptors (Lipinski definition) is 3. The quantitative estimate of drug-likeness (QED) is 0.921. The summed E-state index contributed by atoms with van der Waals surface area (Å²) < 4.78 is 18.9. The number of hydrogen-bond donors (Lipinski definition) is 1. The molecule has 1 saturated heterocycles. The molecular formula is C15H21FN2O2. The predicted octanol–water partition coefficient (Wildman–Crippen LogP) is 2.05. The van der Waals surface area contributed by atoms with Gasteiger partial charge in [0.1, 0.15) is 11.6 Å². The van der Waals surface area contributed by atoms with E-state index in [-0.39, 0.29) is 17.0 Å². The fourth-order valence-electron chi connectivity index (χ4n) is 2.42. The molecule has 1 aromatic carbocycles. The number of nitrogens with zero attached hydrogens (tertiary/aromatic N) is 1. The monoisotopic (exact) mass is 280 g/mol. The van der Waals surface area contributed by atoms with Gasteiger partial charge in [-0.05, 0) is 38.9 Å². The first-order valence-corrected chi connectivity index (χ1v) is 6.81. The van der Waals surface area contributed by atoms with Gasteiger partial charge in [-0.15, -0.1) is 0 Å². The third kappa shape index (κ3) is 2.93. The van der Waals surface area contributed by atoms with Crippen molar-refractivity contribution < 1.29 is 13.9 Å². The highest BCUT2D eigenvalue weighted by Crippen LogP contribution is 2.24. The Morgan fingerprint density at radius 2 is 2.05 bits per heavy atom. The van der Waals surface area contributed by atoms with Gasteiger partial charge in [0.15, 0.2) is 0 Å². The highest BCUT2D eigenvalue weighted by atomic mass is 19.1. The van der Waals surface area contributed by atoms with Gasteiger partial charge in [-0.25, -0.2) is 4.39 Å². The van der Waals surface area contributed by atoms with Gasteiger partial charge in [-0.2, -0.15) is 0 Å². The lowest BCUT2D eigenvalue weighted by atomic mass is 9.89. The molecule has 0 saturated carbocycles. The van der Waals surface area contributed by atoms with Crippen LogP contribution in [0.15, 0.2) is 18.2 Å². The van der Waals surface area contributed by atoms with Gasteiger partial charge in [0.25, 0.3) is 5.91 Å². The summed E-state index contributed by atoms with van der Waals surface area (Å²) in [5.74, 6) is -0.361. The molecule has 1 aromatic rings. The number of halogens is 1. The molecular weight excluding hydrogens is 259 g/mol. The molecule has 4 nitrogen and oxygen atoms in total. The van der Waals surface area contributed by atoms with E-state index in [0.29, 0.717) is 18.8 Å². The van der Waals surface area contributed by atoms with Crippen LogP contribution in [-0.4, -0.2) is 43.6 Å². The van der Waals surface area contributed by atoms with Crippen LogP contribution in [0, 0.1) is 5.82 Å². The Labute approximate surface area is 118 Å². The van der Waals surface area contributed by atoms with Crippen LogP contribution in [-0.2, 0) is 0 Å². The Balaban J connectivity index is 2.09. The first kappa shape index (κ1) is 14.8. The summed E-state index contributed by atoms with van der Waals surface area (Å²) in [7, 11) is 3.40. The van der Waals surface area contributed by atoms with E-state index in [0.717, 1.165) is 12.8 Å². The third-order valence-electron chi connectivity index (χ3n) is 4.16. The number of carbonyl (C=O) groups excluding carboxylic acids is 1. The molecule has 1 aliphatic heterocycles. The normalized spacial score (nSPS) is 17.9. The first-order chi connectivity index (χ1) is 9.49. The molecule has 0 radical (unpaired) electrons. The van der Waals surface area contributed by atoms with Gasteiger partial charge in [0.05, 0.1) is 12.7 Å². The maximum Gasteiger partial charge on any atom is 0.256 e. The predicted molar refractivity (Wildman–Crippen MR) is 75.6 cm³/mol. The molecule has 1 heterocycles. The molecule has 5 heteroatoms. The second kappa shape index (κ2) is 5.79. The average Bonchev–Trinajstić information content (AvgIpc) is 2.47. The number of likely N-dealkylation sites (tertiary alicyclic amines) is 1.